The molecule has 0 aliphatic rings. The van der Waals surface area contributed by atoms with Gasteiger partial charge < -0.3 is 14.8 Å². The van der Waals surface area contributed by atoms with Gasteiger partial charge in [0.25, 0.3) is 5.91 Å². The number of aryl methyl sites for hydroxylation is 1. The van der Waals surface area contributed by atoms with Crippen LogP contribution in [0.4, 0.5) is 0 Å². The second-order valence-electron chi connectivity index (χ2n) is 5.39. The van der Waals surface area contributed by atoms with E-state index < -0.39 is 23.5 Å². The minimum absolute atomic E-state index is 0.147. The van der Waals surface area contributed by atoms with Gasteiger partial charge in [0.2, 0.25) is 0 Å². The van der Waals surface area contributed by atoms with Crippen molar-refractivity contribution in [2.75, 3.05) is 0 Å². The molecule has 0 radical (unpaired) electrons. The number of rotatable bonds is 6. The second kappa shape index (κ2) is 7.09. The molecule has 0 aliphatic heterocycles. The molecule has 1 amide bonds. The van der Waals surface area contributed by atoms with Crippen LogP contribution in [0.5, 0.6) is 0 Å². The lowest BCUT2D eigenvalue weighted by molar-refractivity contribution is -0.139. The fourth-order valence-corrected chi connectivity index (χ4v) is 2.46. The minimum atomic E-state index is -1.12. The molecule has 1 atom stereocenters. The van der Waals surface area contributed by atoms with Crippen LogP contribution in [0.3, 0.4) is 0 Å². The molecule has 6 nitrogen and oxygen atoms in total. The zero-order chi connectivity index (χ0) is 17.0. The highest BCUT2D eigenvalue weighted by atomic mass is 16.4. The van der Waals surface area contributed by atoms with Gasteiger partial charge in [-0.1, -0.05) is 38.0 Å². The number of carboxylic acid groups (broad SMARTS) is 1. The Labute approximate surface area is 133 Å². The molecule has 1 heterocycles. The van der Waals surface area contributed by atoms with E-state index in [4.69, 9.17) is 4.42 Å². The zero-order valence-corrected chi connectivity index (χ0v) is 13.1. The predicted molar refractivity (Wildman–Crippen MR) is 85.6 cm³/mol. The average Bonchev–Trinajstić information content (AvgIpc) is 2.51. The van der Waals surface area contributed by atoms with Crippen LogP contribution < -0.4 is 10.9 Å². The molecule has 1 unspecified atom stereocenters. The summed E-state index contributed by atoms with van der Waals surface area (Å²) in [5.41, 5.74) is -0.0360. The van der Waals surface area contributed by atoms with E-state index in [0.717, 1.165) is 6.42 Å². The molecular weight excluding hydrogens is 298 g/mol. The smallest absolute Gasteiger partial charge is 0.349 e. The largest absolute Gasteiger partial charge is 0.480 e. The molecule has 0 spiro atoms. The Bertz CT molecular complexity index is 793. The van der Waals surface area contributed by atoms with Gasteiger partial charge in [-0.2, -0.15) is 0 Å². The van der Waals surface area contributed by atoms with Crippen LogP contribution in [0, 0.1) is 6.92 Å². The molecule has 0 bridgehead atoms. The minimum Gasteiger partial charge on any atom is -0.480 e. The number of amides is 1. The van der Waals surface area contributed by atoms with E-state index in [1.54, 1.807) is 31.2 Å². The molecule has 2 aromatic rings. The summed E-state index contributed by atoms with van der Waals surface area (Å²) in [5, 5.41) is 12.3. The molecule has 122 valence electrons. The number of carbonyl (C=O) groups is 2. The number of carboxylic acids is 1. The number of carbonyl (C=O) groups excluding carboxylic acids is 1. The Balaban J connectivity index is 2.37. The van der Waals surface area contributed by atoms with Crippen molar-refractivity contribution in [3.8, 4) is 0 Å². The molecule has 0 fully saturated rings. The molecule has 0 aliphatic carbocycles. The van der Waals surface area contributed by atoms with Crippen molar-refractivity contribution in [3.63, 3.8) is 0 Å². The third kappa shape index (κ3) is 3.59. The lowest BCUT2D eigenvalue weighted by Gasteiger charge is -2.15. The van der Waals surface area contributed by atoms with Gasteiger partial charge in [0.15, 0.2) is 0 Å². The first-order valence-corrected chi connectivity index (χ1v) is 7.51. The molecular formula is C17H19NO5. The predicted octanol–water partition coefficient (Wildman–Crippen LogP) is 2.47. The SMILES string of the molecule is CCCCC(NC(=O)c1c(C)c2ccccc2oc1=O)C(=O)O. The molecule has 1 aromatic heterocycles. The maximum Gasteiger partial charge on any atom is 0.349 e. The third-order valence-corrected chi connectivity index (χ3v) is 3.75. The van der Waals surface area contributed by atoms with Gasteiger partial charge in [-0.3, -0.25) is 4.79 Å². The summed E-state index contributed by atoms with van der Waals surface area (Å²) in [6, 6.07) is 5.88. The van der Waals surface area contributed by atoms with E-state index in [0.29, 0.717) is 29.4 Å². The van der Waals surface area contributed by atoms with Crippen molar-refractivity contribution in [3.05, 3.63) is 45.8 Å². The highest BCUT2D eigenvalue weighted by Crippen LogP contribution is 2.19. The first-order valence-electron chi connectivity index (χ1n) is 7.51. The van der Waals surface area contributed by atoms with Crippen LogP contribution in [0.25, 0.3) is 11.0 Å². The van der Waals surface area contributed by atoms with E-state index in [2.05, 4.69) is 5.32 Å². The maximum atomic E-state index is 12.4. The quantitative estimate of drug-likeness (QED) is 0.798. The monoisotopic (exact) mass is 317 g/mol. The van der Waals surface area contributed by atoms with Crippen LogP contribution in [-0.2, 0) is 4.79 Å². The molecule has 0 saturated carbocycles. The van der Waals surface area contributed by atoms with Crippen LogP contribution in [-0.4, -0.2) is 23.0 Å². The molecule has 23 heavy (non-hydrogen) atoms. The van der Waals surface area contributed by atoms with Gasteiger partial charge >= 0.3 is 11.6 Å². The molecule has 0 saturated heterocycles. The number of hydrogen-bond donors (Lipinski definition) is 2. The fraction of sp³-hybridized carbons (Fsp3) is 0.353. The average molecular weight is 317 g/mol. The van der Waals surface area contributed by atoms with Gasteiger partial charge in [0, 0.05) is 5.39 Å². The van der Waals surface area contributed by atoms with Crippen LogP contribution >= 0.6 is 0 Å². The van der Waals surface area contributed by atoms with Crippen LogP contribution in [0.2, 0.25) is 0 Å². The number of hydrogen-bond acceptors (Lipinski definition) is 4. The van der Waals surface area contributed by atoms with Crippen molar-refractivity contribution in [1.29, 1.82) is 0 Å². The van der Waals surface area contributed by atoms with E-state index in [9.17, 15) is 19.5 Å². The van der Waals surface area contributed by atoms with Crippen molar-refractivity contribution >= 4 is 22.8 Å². The Hall–Kier alpha value is -2.63. The lowest BCUT2D eigenvalue weighted by Crippen LogP contribution is -2.42. The van der Waals surface area contributed by atoms with Crippen LogP contribution in [0.1, 0.15) is 42.1 Å². The topological polar surface area (TPSA) is 96.6 Å². The Morgan fingerprint density at radius 2 is 2.00 bits per heavy atom. The molecule has 1 aromatic carbocycles. The molecule has 6 heteroatoms. The molecule has 2 N–H and O–H groups in total. The van der Waals surface area contributed by atoms with Gasteiger partial charge in [-0.25, -0.2) is 9.59 Å². The summed E-state index contributed by atoms with van der Waals surface area (Å²) in [4.78, 5) is 35.7. The summed E-state index contributed by atoms with van der Waals surface area (Å²) < 4.78 is 5.15. The summed E-state index contributed by atoms with van der Waals surface area (Å²) in [5.74, 6) is -1.83. The van der Waals surface area contributed by atoms with E-state index >= 15 is 0 Å². The summed E-state index contributed by atoms with van der Waals surface area (Å²) >= 11 is 0. The Morgan fingerprint density at radius 1 is 1.30 bits per heavy atom. The number of benzene rings is 1. The highest BCUT2D eigenvalue weighted by molar-refractivity contribution is 6.00. The van der Waals surface area contributed by atoms with Gasteiger partial charge in [0.1, 0.15) is 17.2 Å². The van der Waals surface area contributed by atoms with Gasteiger partial charge in [-0.15, -0.1) is 0 Å². The number of aliphatic carboxylic acids is 1. The zero-order valence-electron chi connectivity index (χ0n) is 13.1. The van der Waals surface area contributed by atoms with Crippen molar-refractivity contribution in [2.24, 2.45) is 0 Å². The highest BCUT2D eigenvalue weighted by Gasteiger charge is 2.24. The second-order valence-corrected chi connectivity index (χ2v) is 5.39. The number of para-hydroxylation sites is 1. The fourth-order valence-electron chi connectivity index (χ4n) is 2.46. The van der Waals surface area contributed by atoms with Gasteiger partial charge in [0.05, 0.1) is 0 Å². The molecule has 2 rings (SSSR count). The standard InChI is InChI=1S/C17H19NO5/c1-3-4-8-12(16(20)21)18-15(19)14-10(2)11-7-5-6-9-13(11)23-17(14)22/h5-7,9,12H,3-4,8H2,1-2H3,(H,18,19)(H,20,21). The number of nitrogens with one attached hydrogen (secondary N) is 1. The van der Waals surface area contributed by atoms with Gasteiger partial charge in [-0.05, 0) is 25.0 Å². The lowest BCUT2D eigenvalue weighted by atomic mass is 10.0. The Kier molecular flexibility index (Phi) is 5.16. The van der Waals surface area contributed by atoms with E-state index in [1.165, 1.54) is 0 Å². The third-order valence-electron chi connectivity index (χ3n) is 3.75. The van der Waals surface area contributed by atoms with Crippen molar-refractivity contribution in [2.45, 2.75) is 39.2 Å². The van der Waals surface area contributed by atoms with E-state index in [1.807, 2.05) is 6.92 Å². The Morgan fingerprint density at radius 3 is 2.65 bits per heavy atom. The number of fused-ring (bicyclic) bond motifs is 1. The summed E-state index contributed by atoms with van der Waals surface area (Å²) in [7, 11) is 0. The maximum absolute atomic E-state index is 12.4. The number of unbranched alkanes of at least 4 members (excludes halogenated alkanes) is 1. The van der Waals surface area contributed by atoms with Crippen LogP contribution in [0.15, 0.2) is 33.5 Å². The van der Waals surface area contributed by atoms with E-state index in [-0.39, 0.29) is 5.56 Å². The first kappa shape index (κ1) is 16.7. The first-order chi connectivity index (χ1) is 11.0. The van der Waals surface area contributed by atoms with Crippen molar-refractivity contribution in [1.82, 2.24) is 5.32 Å². The summed E-state index contributed by atoms with van der Waals surface area (Å²) in [6.07, 6.45) is 1.80. The normalized spacial score (nSPS) is 12.1. The summed E-state index contributed by atoms with van der Waals surface area (Å²) in [6.45, 7) is 3.58. The van der Waals surface area contributed by atoms with Crippen molar-refractivity contribution < 1.29 is 19.1 Å².